The smallest absolute Gasteiger partial charge is 0.147 e. The van der Waals surface area contributed by atoms with Gasteiger partial charge in [0, 0.05) is 6.54 Å². The van der Waals surface area contributed by atoms with Crippen molar-refractivity contribution >= 4 is 0 Å². The summed E-state index contributed by atoms with van der Waals surface area (Å²) in [7, 11) is 0. The molecule has 0 unspecified atom stereocenters. The zero-order chi connectivity index (χ0) is 9.03. The number of halogens is 1. The van der Waals surface area contributed by atoms with Crippen molar-refractivity contribution in [2.24, 2.45) is 5.73 Å². The molecular formula is C10H14FN. The molecule has 1 aromatic carbocycles. The van der Waals surface area contributed by atoms with Gasteiger partial charge < -0.3 is 5.73 Å². The van der Waals surface area contributed by atoms with Gasteiger partial charge in [-0.25, -0.2) is 4.39 Å². The number of hydrogen-bond donors (Lipinski definition) is 1. The van der Waals surface area contributed by atoms with Crippen molar-refractivity contribution in [3.8, 4) is 0 Å². The first-order valence-corrected chi connectivity index (χ1v) is 4.17. The van der Waals surface area contributed by atoms with E-state index >= 15 is 0 Å². The van der Waals surface area contributed by atoms with Gasteiger partial charge in [0.05, 0.1) is 0 Å². The van der Waals surface area contributed by atoms with E-state index in [9.17, 15) is 4.39 Å². The van der Waals surface area contributed by atoms with Crippen molar-refractivity contribution < 1.29 is 4.39 Å². The third-order valence-electron chi connectivity index (χ3n) is 2.18. The molecule has 0 aromatic heterocycles. The molecule has 0 bridgehead atoms. The van der Waals surface area contributed by atoms with Gasteiger partial charge in [-0.1, -0.05) is 37.3 Å². The third kappa shape index (κ3) is 1.64. The Kier molecular flexibility index (Phi) is 2.82. The van der Waals surface area contributed by atoms with Crippen LogP contribution in [0.3, 0.4) is 0 Å². The van der Waals surface area contributed by atoms with Crippen LogP contribution >= 0.6 is 0 Å². The second kappa shape index (κ2) is 3.68. The molecule has 0 aliphatic rings. The van der Waals surface area contributed by atoms with E-state index in [-0.39, 0.29) is 6.54 Å². The highest BCUT2D eigenvalue weighted by molar-refractivity contribution is 5.22. The van der Waals surface area contributed by atoms with Gasteiger partial charge >= 0.3 is 0 Å². The number of rotatable bonds is 3. The van der Waals surface area contributed by atoms with Crippen LogP contribution < -0.4 is 5.73 Å². The van der Waals surface area contributed by atoms with Crippen LogP contribution in [0.1, 0.15) is 18.9 Å². The molecule has 0 radical (unpaired) electrons. The molecule has 0 fully saturated rings. The van der Waals surface area contributed by atoms with Crippen LogP contribution in [-0.2, 0) is 5.67 Å². The first-order valence-electron chi connectivity index (χ1n) is 4.17. The van der Waals surface area contributed by atoms with E-state index in [1.807, 2.05) is 18.2 Å². The Balaban J connectivity index is 2.95. The van der Waals surface area contributed by atoms with Crippen molar-refractivity contribution in [1.29, 1.82) is 0 Å². The SMILES string of the molecule is CC[C@@](F)(CN)c1ccccc1. The quantitative estimate of drug-likeness (QED) is 0.734. The summed E-state index contributed by atoms with van der Waals surface area (Å²) in [6.07, 6.45) is 0.424. The predicted octanol–water partition coefficient (Wildman–Crippen LogP) is 2.22. The molecule has 1 nitrogen and oxygen atoms in total. The van der Waals surface area contributed by atoms with Gasteiger partial charge in [0.1, 0.15) is 5.67 Å². The standard InChI is InChI=1S/C10H14FN/c1-2-10(11,8-12)9-6-4-3-5-7-9/h3-7H,2,8,12H2,1H3/t10-/m1/s1. The molecule has 0 spiro atoms. The largest absolute Gasteiger partial charge is 0.327 e. The van der Waals surface area contributed by atoms with Gasteiger partial charge in [-0.3, -0.25) is 0 Å². The lowest BCUT2D eigenvalue weighted by Crippen LogP contribution is -2.29. The third-order valence-corrected chi connectivity index (χ3v) is 2.18. The molecular weight excluding hydrogens is 153 g/mol. The molecule has 2 heteroatoms. The minimum atomic E-state index is -1.35. The van der Waals surface area contributed by atoms with Crippen LogP contribution in [0.5, 0.6) is 0 Å². The Morgan fingerprint density at radius 1 is 1.33 bits per heavy atom. The Hall–Kier alpha value is -0.890. The summed E-state index contributed by atoms with van der Waals surface area (Å²) < 4.78 is 13.9. The maximum atomic E-state index is 13.9. The Morgan fingerprint density at radius 3 is 2.33 bits per heavy atom. The first-order chi connectivity index (χ1) is 5.73. The fraction of sp³-hybridized carbons (Fsp3) is 0.400. The normalized spacial score (nSPS) is 15.6. The first kappa shape index (κ1) is 9.20. The molecule has 2 N–H and O–H groups in total. The second-order valence-electron chi connectivity index (χ2n) is 2.89. The number of alkyl halides is 1. The Labute approximate surface area is 72.4 Å². The maximum Gasteiger partial charge on any atom is 0.147 e. The molecule has 1 rings (SSSR count). The van der Waals surface area contributed by atoms with Crippen LogP contribution in [0.25, 0.3) is 0 Å². The summed E-state index contributed by atoms with van der Waals surface area (Å²) in [5.41, 5.74) is 4.70. The summed E-state index contributed by atoms with van der Waals surface area (Å²) >= 11 is 0. The van der Waals surface area contributed by atoms with Gasteiger partial charge in [0.25, 0.3) is 0 Å². The summed E-state index contributed by atoms with van der Waals surface area (Å²) in [5.74, 6) is 0. The van der Waals surface area contributed by atoms with E-state index in [1.54, 1.807) is 19.1 Å². The molecule has 0 aliphatic carbocycles. The van der Waals surface area contributed by atoms with E-state index in [0.29, 0.717) is 12.0 Å². The van der Waals surface area contributed by atoms with Crippen LogP contribution in [0, 0.1) is 0 Å². The van der Waals surface area contributed by atoms with Crippen LogP contribution in [0.15, 0.2) is 30.3 Å². The van der Waals surface area contributed by atoms with Crippen molar-refractivity contribution in [1.82, 2.24) is 0 Å². The van der Waals surface area contributed by atoms with Crippen LogP contribution in [-0.4, -0.2) is 6.54 Å². The lowest BCUT2D eigenvalue weighted by atomic mass is 9.93. The van der Waals surface area contributed by atoms with Crippen molar-refractivity contribution in [3.05, 3.63) is 35.9 Å². The predicted molar refractivity (Wildman–Crippen MR) is 48.6 cm³/mol. The molecule has 66 valence electrons. The number of hydrogen-bond acceptors (Lipinski definition) is 1. The fourth-order valence-electron chi connectivity index (χ4n) is 1.20. The van der Waals surface area contributed by atoms with E-state index < -0.39 is 5.67 Å². The van der Waals surface area contributed by atoms with Gasteiger partial charge in [-0.2, -0.15) is 0 Å². The summed E-state index contributed by atoms with van der Waals surface area (Å²) in [5, 5.41) is 0. The average molecular weight is 167 g/mol. The van der Waals surface area contributed by atoms with Crippen LogP contribution in [0.4, 0.5) is 4.39 Å². The number of benzene rings is 1. The summed E-state index contributed by atoms with van der Waals surface area (Å²) in [6, 6.07) is 9.08. The summed E-state index contributed by atoms with van der Waals surface area (Å²) in [4.78, 5) is 0. The van der Waals surface area contributed by atoms with Gasteiger partial charge in [0.2, 0.25) is 0 Å². The fourth-order valence-corrected chi connectivity index (χ4v) is 1.20. The molecule has 0 amide bonds. The van der Waals surface area contributed by atoms with Crippen molar-refractivity contribution in [2.75, 3.05) is 6.54 Å². The molecule has 0 saturated carbocycles. The summed E-state index contributed by atoms with van der Waals surface area (Å²) in [6.45, 7) is 1.85. The van der Waals surface area contributed by atoms with E-state index in [0.717, 1.165) is 0 Å². The Bertz CT molecular complexity index is 229. The number of nitrogens with two attached hydrogens (primary N) is 1. The zero-order valence-electron chi connectivity index (χ0n) is 7.26. The maximum absolute atomic E-state index is 13.9. The van der Waals surface area contributed by atoms with Gasteiger partial charge in [-0.05, 0) is 12.0 Å². The van der Waals surface area contributed by atoms with E-state index in [2.05, 4.69) is 0 Å². The monoisotopic (exact) mass is 167 g/mol. The van der Waals surface area contributed by atoms with Gasteiger partial charge in [-0.15, -0.1) is 0 Å². The second-order valence-corrected chi connectivity index (χ2v) is 2.89. The molecule has 0 aliphatic heterocycles. The minimum Gasteiger partial charge on any atom is -0.327 e. The van der Waals surface area contributed by atoms with E-state index in [4.69, 9.17) is 5.73 Å². The van der Waals surface area contributed by atoms with Gasteiger partial charge in [0.15, 0.2) is 0 Å². The van der Waals surface area contributed by atoms with E-state index in [1.165, 1.54) is 0 Å². The van der Waals surface area contributed by atoms with Crippen molar-refractivity contribution in [2.45, 2.75) is 19.0 Å². The molecule has 0 saturated heterocycles. The van der Waals surface area contributed by atoms with Crippen LogP contribution in [0.2, 0.25) is 0 Å². The Morgan fingerprint density at radius 2 is 1.92 bits per heavy atom. The lowest BCUT2D eigenvalue weighted by molar-refractivity contribution is 0.169. The molecule has 1 aromatic rings. The topological polar surface area (TPSA) is 26.0 Å². The molecule has 0 heterocycles. The average Bonchev–Trinajstić information content (AvgIpc) is 2.18. The van der Waals surface area contributed by atoms with Crippen molar-refractivity contribution in [3.63, 3.8) is 0 Å². The minimum absolute atomic E-state index is 0.0491. The highest BCUT2D eigenvalue weighted by Gasteiger charge is 2.27. The highest BCUT2D eigenvalue weighted by Crippen LogP contribution is 2.27. The highest BCUT2D eigenvalue weighted by atomic mass is 19.1. The zero-order valence-corrected chi connectivity index (χ0v) is 7.26. The molecule has 12 heavy (non-hydrogen) atoms. The molecule has 1 atom stereocenters. The lowest BCUT2D eigenvalue weighted by Gasteiger charge is -2.21.